The molecule has 0 radical (unpaired) electrons. The van der Waals surface area contributed by atoms with Crippen molar-refractivity contribution >= 4 is 23.5 Å². The number of benzene rings is 1. The van der Waals surface area contributed by atoms with Gasteiger partial charge in [0.1, 0.15) is 11.6 Å². The van der Waals surface area contributed by atoms with Crippen LogP contribution in [0, 0.1) is 0 Å². The third-order valence-corrected chi connectivity index (χ3v) is 4.04. The standard InChI is InChI=1S/C18H20ClN3O4/c19-13-5-1-4-12(10-13)11-22-9-3-6-14(17(22)24)16(23)21-15(18(25)26)7-2-8-20/h1,3-6,9-10,15H,2,7-8,11,20H2,(H,21,23)(H,25,26)/t15-/m0/s1. The first-order valence-corrected chi connectivity index (χ1v) is 8.48. The van der Waals surface area contributed by atoms with Crippen molar-refractivity contribution in [3.05, 3.63) is 69.1 Å². The Labute approximate surface area is 155 Å². The first kappa shape index (κ1) is 19.7. The number of hydrogen-bond donors (Lipinski definition) is 3. The van der Waals surface area contributed by atoms with Gasteiger partial charge in [-0.1, -0.05) is 23.7 Å². The van der Waals surface area contributed by atoms with E-state index in [9.17, 15) is 19.5 Å². The van der Waals surface area contributed by atoms with Gasteiger partial charge in [0.05, 0.1) is 6.54 Å². The third kappa shape index (κ3) is 5.18. The fraction of sp³-hybridized carbons (Fsp3) is 0.278. The second-order valence-electron chi connectivity index (χ2n) is 5.78. The lowest BCUT2D eigenvalue weighted by atomic mass is 10.1. The lowest BCUT2D eigenvalue weighted by Crippen LogP contribution is -2.43. The second kappa shape index (κ2) is 9.17. The number of rotatable bonds is 8. The van der Waals surface area contributed by atoms with Crippen LogP contribution in [0.1, 0.15) is 28.8 Å². The number of pyridine rings is 1. The molecule has 7 nitrogen and oxygen atoms in total. The number of carbonyl (C=O) groups is 2. The van der Waals surface area contributed by atoms with Gasteiger partial charge in [-0.2, -0.15) is 0 Å². The van der Waals surface area contributed by atoms with E-state index in [1.807, 2.05) is 6.07 Å². The first-order chi connectivity index (χ1) is 12.4. The highest BCUT2D eigenvalue weighted by Gasteiger charge is 2.22. The van der Waals surface area contributed by atoms with Gasteiger partial charge in [0.25, 0.3) is 11.5 Å². The van der Waals surface area contributed by atoms with Crippen LogP contribution in [0.5, 0.6) is 0 Å². The molecule has 1 atom stereocenters. The average molecular weight is 378 g/mol. The topological polar surface area (TPSA) is 114 Å². The lowest BCUT2D eigenvalue weighted by Gasteiger charge is -2.14. The van der Waals surface area contributed by atoms with Gasteiger partial charge in [-0.15, -0.1) is 0 Å². The zero-order valence-electron chi connectivity index (χ0n) is 14.0. The van der Waals surface area contributed by atoms with Crippen molar-refractivity contribution in [3.8, 4) is 0 Å². The molecule has 0 aliphatic heterocycles. The number of nitrogens with zero attached hydrogens (tertiary/aromatic N) is 1. The predicted molar refractivity (Wildman–Crippen MR) is 98.4 cm³/mol. The second-order valence-corrected chi connectivity index (χ2v) is 6.22. The lowest BCUT2D eigenvalue weighted by molar-refractivity contribution is -0.139. The minimum absolute atomic E-state index is 0.117. The van der Waals surface area contributed by atoms with Crippen LogP contribution in [0.15, 0.2) is 47.4 Å². The number of halogens is 1. The fourth-order valence-electron chi connectivity index (χ4n) is 2.48. The number of nitrogens with one attached hydrogen (secondary N) is 1. The summed E-state index contributed by atoms with van der Waals surface area (Å²) in [6.07, 6.45) is 2.20. The third-order valence-electron chi connectivity index (χ3n) is 3.81. The zero-order valence-corrected chi connectivity index (χ0v) is 14.8. The van der Waals surface area contributed by atoms with Crippen LogP contribution in [-0.4, -0.2) is 34.1 Å². The van der Waals surface area contributed by atoms with E-state index < -0.39 is 23.5 Å². The normalized spacial score (nSPS) is 11.8. The molecule has 0 unspecified atom stereocenters. The summed E-state index contributed by atoms with van der Waals surface area (Å²) in [6.45, 7) is 0.563. The summed E-state index contributed by atoms with van der Waals surface area (Å²) in [5.41, 5.74) is 5.56. The van der Waals surface area contributed by atoms with E-state index in [2.05, 4.69) is 5.32 Å². The minimum Gasteiger partial charge on any atom is -0.480 e. The van der Waals surface area contributed by atoms with E-state index in [4.69, 9.17) is 17.3 Å². The van der Waals surface area contributed by atoms with Crippen molar-refractivity contribution in [3.63, 3.8) is 0 Å². The first-order valence-electron chi connectivity index (χ1n) is 8.10. The molecule has 0 saturated carbocycles. The summed E-state index contributed by atoms with van der Waals surface area (Å²) in [5.74, 6) is -1.89. The monoisotopic (exact) mass is 377 g/mol. The van der Waals surface area contributed by atoms with Gasteiger partial charge in [0, 0.05) is 11.2 Å². The molecule has 8 heteroatoms. The number of carboxylic acids is 1. The highest BCUT2D eigenvalue weighted by Crippen LogP contribution is 2.11. The Bertz CT molecular complexity index is 850. The molecule has 26 heavy (non-hydrogen) atoms. The van der Waals surface area contributed by atoms with Crippen LogP contribution in [0.2, 0.25) is 5.02 Å². The van der Waals surface area contributed by atoms with Gasteiger partial charge in [-0.3, -0.25) is 9.59 Å². The molecule has 0 saturated heterocycles. The molecular formula is C18H20ClN3O4. The summed E-state index contributed by atoms with van der Waals surface area (Å²) in [5, 5.41) is 12.1. The van der Waals surface area contributed by atoms with E-state index in [1.165, 1.54) is 10.6 Å². The minimum atomic E-state index is -1.16. The molecule has 4 N–H and O–H groups in total. The van der Waals surface area contributed by atoms with Crippen molar-refractivity contribution in [2.75, 3.05) is 6.54 Å². The number of carbonyl (C=O) groups excluding carboxylic acids is 1. The van der Waals surface area contributed by atoms with Gasteiger partial charge in [0.2, 0.25) is 0 Å². The summed E-state index contributed by atoms with van der Waals surface area (Å²) in [7, 11) is 0. The maximum absolute atomic E-state index is 12.6. The van der Waals surface area contributed by atoms with Gasteiger partial charge >= 0.3 is 5.97 Å². The quantitative estimate of drug-likeness (QED) is 0.644. The van der Waals surface area contributed by atoms with E-state index in [0.29, 0.717) is 18.0 Å². The molecule has 1 amide bonds. The Kier molecular flexibility index (Phi) is 6.94. The largest absolute Gasteiger partial charge is 0.480 e. The highest BCUT2D eigenvalue weighted by molar-refractivity contribution is 6.30. The van der Waals surface area contributed by atoms with Crippen LogP contribution in [-0.2, 0) is 11.3 Å². The van der Waals surface area contributed by atoms with E-state index in [1.54, 1.807) is 30.5 Å². The van der Waals surface area contributed by atoms with Gasteiger partial charge in [0.15, 0.2) is 0 Å². The predicted octanol–water partition coefficient (Wildman–Crippen LogP) is 1.47. The van der Waals surface area contributed by atoms with Crippen molar-refractivity contribution in [2.24, 2.45) is 5.73 Å². The summed E-state index contributed by atoms with van der Waals surface area (Å²) < 4.78 is 1.37. The number of aromatic nitrogens is 1. The molecule has 2 aromatic rings. The molecule has 1 aromatic carbocycles. The Balaban J connectivity index is 2.20. The fourth-order valence-corrected chi connectivity index (χ4v) is 2.69. The van der Waals surface area contributed by atoms with Crippen LogP contribution < -0.4 is 16.6 Å². The number of carboxylic acid groups (broad SMARTS) is 1. The molecule has 1 heterocycles. The number of nitrogens with two attached hydrogens (primary N) is 1. The van der Waals surface area contributed by atoms with Gasteiger partial charge in [-0.25, -0.2) is 4.79 Å². The number of aliphatic carboxylic acids is 1. The molecule has 2 rings (SSSR count). The molecule has 0 aliphatic rings. The molecule has 0 spiro atoms. The van der Waals surface area contributed by atoms with Crippen molar-refractivity contribution in [1.29, 1.82) is 0 Å². The van der Waals surface area contributed by atoms with Crippen molar-refractivity contribution in [1.82, 2.24) is 9.88 Å². The molecule has 0 bridgehead atoms. The van der Waals surface area contributed by atoms with Crippen LogP contribution in [0.3, 0.4) is 0 Å². The smallest absolute Gasteiger partial charge is 0.326 e. The Morgan fingerprint density at radius 2 is 2.04 bits per heavy atom. The average Bonchev–Trinajstić information content (AvgIpc) is 2.60. The Hall–Kier alpha value is -2.64. The number of amides is 1. The molecule has 0 fully saturated rings. The summed E-state index contributed by atoms with van der Waals surface area (Å²) in [4.78, 5) is 36.2. The molecule has 1 aromatic heterocycles. The highest BCUT2D eigenvalue weighted by atomic mass is 35.5. The van der Waals surface area contributed by atoms with E-state index in [0.717, 1.165) is 5.56 Å². The van der Waals surface area contributed by atoms with Crippen LogP contribution in [0.25, 0.3) is 0 Å². The molecule has 0 aliphatic carbocycles. The maximum atomic E-state index is 12.6. The summed E-state index contributed by atoms with van der Waals surface area (Å²) >= 11 is 5.95. The zero-order chi connectivity index (χ0) is 19.1. The Morgan fingerprint density at radius 1 is 1.27 bits per heavy atom. The van der Waals surface area contributed by atoms with Gasteiger partial charge in [-0.05, 0) is 49.2 Å². The SMILES string of the molecule is NCCC[C@H](NC(=O)c1cccn(Cc2cccc(Cl)c2)c1=O)C(=O)O. The molecule has 138 valence electrons. The maximum Gasteiger partial charge on any atom is 0.326 e. The van der Waals surface area contributed by atoms with Crippen molar-refractivity contribution < 1.29 is 14.7 Å². The Morgan fingerprint density at radius 3 is 2.69 bits per heavy atom. The number of hydrogen-bond acceptors (Lipinski definition) is 4. The van der Waals surface area contributed by atoms with E-state index in [-0.39, 0.29) is 18.5 Å². The molecular weight excluding hydrogens is 358 g/mol. The van der Waals surface area contributed by atoms with Crippen LogP contribution >= 0.6 is 11.6 Å². The van der Waals surface area contributed by atoms with Crippen LogP contribution in [0.4, 0.5) is 0 Å². The van der Waals surface area contributed by atoms with Crippen molar-refractivity contribution in [2.45, 2.75) is 25.4 Å². The summed E-state index contributed by atoms with van der Waals surface area (Å²) in [6, 6.07) is 8.89. The van der Waals surface area contributed by atoms with E-state index >= 15 is 0 Å². The van der Waals surface area contributed by atoms with Gasteiger partial charge < -0.3 is 20.7 Å².